The molecule has 0 fully saturated rings. The Bertz CT molecular complexity index is 1510. The van der Waals surface area contributed by atoms with Gasteiger partial charge in [0.15, 0.2) is 5.76 Å². The number of amides is 1. The molecule has 0 aliphatic heterocycles. The van der Waals surface area contributed by atoms with Crippen molar-refractivity contribution < 1.29 is 9.21 Å². The zero-order valence-electron chi connectivity index (χ0n) is 18.7. The quantitative estimate of drug-likeness (QED) is 0.203. The molecule has 2 heterocycles. The van der Waals surface area contributed by atoms with Gasteiger partial charge < -0.3 is 8.98 Å². The molecule has 0 radical (unpaired) electrons. The third-order valence-corrected chi connectivity index (χ3v) is 6.27. The fourth-order valence-electron chi connectivity index (χ4n) is 4.09. The van der Waals surface area contributed by atoms with Gasteiger partial charge in [0.2, 0.25) is 0 Å². The molecule has 1 N–H and O–H groups in total. The minimum absolute atomic E-state index is 0.217. The van der Waals surface area contributed by atoms with Gasteiger partial charge in [-0.1, -0.05) is 58.4 Å². The molecule has 0 bridgehead atoms. The van der Waals surface area contributed by atoms with Gasteiger partial charge in [0.05, 0.1) is 6.21 Å². The van der Waals surface area contributed by atoms with Crippen molar-refractivity contribution in [1.29, 1.82) is 0 Å². The predicted octanol–water partition coefficient (Wildman–Crippen LogP) is 7.03. The van der Waals surface area contributed by atoms with E-state index in [1.165, 1.54) is 11.1 Å². The molecule has 0 saturated carbocycles. The van der Waals surface area contributed by atoms with Crippen LogP contribution in [0.5, 0.6) is 0 Å². The molecule has 34 heavy (non-hydrogen) atoms. The van der Waals surface area contributed by atoms with Crippen molar-refractivity contribution in [3.8, 4) is 16.8 Å². The lowest BCUT2D eigenvalue weighted by atomic mass is 10.1. The summed E-state index contributed by atoms with van der Waals surface area (Å²) in [6, 6.07) is 28.2. The molecule has 5 rings (SSSR count). The molecule has 5 nitrogen and oxygen atoms in total. The predicted molar refractivity (Wildman–Crippen MR) is 140 cm³/mol. The lowest BCUT2D eigenvalue weighted by molar-refractivity contribution is 0.0929. The molecule has 1 amide bonds. The average molecular weight is 512 g/mol. The van der Waals surface area contributed by atoms with E-state index in [-0.39, 0.29) is 5.76 Å². The lowest BCUT2D eigenvalue weighted by Gasteiger charge is -2.11. The molecule has 0 aliphatic rings. The standard InChI is InChI=1S/C28H22BrN3O2/c1-18-14-23(17-30-31-28(33)27-16-22-15-24(29)10-13-26(22)34-27)19(2)32(18)25-11-8-21(9-12-25)20-6-4-3-5-7-20/h3-17H,1-2H3,(H,31,33)/b30-17-. The van der Waals surface area contributed by atoms with E-state index in [4.69, 9.17) is 4.42 Å². The van der Waals surface area contributed by atoms with Crippen molar-refractivity contribution in [3.63, 3.8) is 0 Å². The number of furan rings is 1. The summed E-state index contributed by atoms with van der Waals surface area (Å²) >= 11 is 3.42. The van der Waals surface area contributed by atoms with Crippen molar-refractivity contribution >= 4 is 39.0 Å². The van der Waals surface area contributed by atoms with E-state index in [1.54, 1.807) is 12.3 Å². The third kappa shape index (κ3) is 4.32. The number of carbonyl (C=O) groups excluding carboxylic acids is 1. The van der Waals surface area contributed by atoms with Gasteiger partial charge in [0, 0.05) is 32.5 Å². The van der Waals surface area contributed by atoms with Gasteiger partial charge in [0.1, 0.15) is 5.58 Å². The average Bonchev–Trinajstić information content (AvgIpc) is 3.39. The van der Waals surface area contributed by atoms with Crippen molar-refractivity contribution in [2.45, 2.75) is 13.8 Å². The summed E-state index contributed by atoms with van der Waals surface area (Å²) in [5.74, 6) is -0.178. The summed E-state index contributed by atoms with van der Waals surface area (Å²) in [7, 11) is 0. The highest BCUT2D eigenvalue weighted by molar-refractivity contribution is 9.10. The summed E-state index contributed by atoms with van der Waals surface area (Å²) in [6.07, 6.45) is 1.66. The van der Waals surface area contributed by atoms with Crippen LogP contribution in [0.25, 0.3) is 27.8 Å². The number of hydrogen-bond acceptors (Lipinski definition) is 3. The van der Waals surface area contributed by atoms with Crippen LogP contribution in [0.2, 0.25) is 0 Å². The van der Waals surface area contributed by atoms with Crippen LogP contribution < -0.4 is 5.43 Å². The number of benzene rings is 3. The van der Waals surface area contributed by atoms with Gasteiger partial charge in [-0.15, -0.1) is 0 Å². The zero-order chi connectivity index (χ0) is 23.7. The molecule has 2 aromatic heterocycles. The Morgan fingerprint density at radius 3 is 2.44 bits per heavy atom. The number of fused-ring (bicyclic) bond motifs is 1. The maximum absolute atomic E-state index is 12.5. The van der Waals surface area contributed by atoms with E-state index in [0.29, 0.717) is 5.58 Å². The van der Waals surface area contributed by atoms with Crippen LogP contribution in [0.1, 0.15) is 27.5 Å². The number of hydrazone groups is 1. The van der Waals surface area contributed by atoms with E-state index in [1.807, 2.05) is 43.3 Å². The topological polar surface area (TPSA) is 59.5 Å². The maximum atomic E-state index is 12.5. The van der Waals surface area contributed by atoms with Gasteiger partial charge in [-0.25, -0.2) is 5.43 Å². The Labute approximate surface area is 205 Å². The fourth-order valence-corrected chi connectivity index (χ4v) is 4.47. The summed E-state index contributed by atoms with van der Waals surface area (Å²) in [5, 5.41) is 5.01. The van der Waals surface area contributed by atoms with Crippen LogP contribution >= 0.6 is 15.9 Å². The Balaban J connectivity index is 1.33. The summed E-state index contributed by atoms with van der Waals surface area (Å²) < 4.78 is 8.73. The molecular weight excluding hydrogens is 490 g/mol. The molecule has 0 atom stereocenters. The van der Waals surface area contributed by atoms with Crippen LogP contribution in [-0.2, 0) is 0 Å². The second kappa shape index (κ2) is 9.15. The van der Waals surface area contributed by atoms with E-state index in [0.717, 1.165) is 32.5 Å². The molecule has 3 aromatic carbocycles. The number of nitrogens with zero attached hydrogens (tertiary/aromatic N) is 2. The normalized spacial score (nSPS) is 11.4. The molecule has 0 unspecified atom stereocenters. The van der Waals surface area contributed by atoms with E-state index in [2.05, 4.69) is 80.4 Å². The molecule has 0 aliphatic carbocycles. The van der Waals surface area contributed by atoms with Crippen LogP contribution in [0.3, 0.4) is 0 Å². The first-order chi connectivity index (χ1) is 16.5. The Morgan fingerprint density at radius 1 is 0.941 bits per heavy atom. The maximum Gasteiger partial charge on any atom is 0.307 e. The molecule has 6 heteroatoms. The molecule has 5 aromatic rings. The first kappa shape index (κ1) is 21.9. The Hall–Kier alpha value is -3.90. The van der Waals surface area contributed by atoms with Crippen LogP contribution in [0.4, 0.5) is 0 Å². The second-order valence-corrected chi connectivity index (χ2v) is 8.98. The van der Waals surface area contributed by atoms with Crippen molar-refractivity contribution in [2.75, 3.05) is 0 Å². The van der Waals surface area contributed by atoms with Crippen molar-refractivity contribution in [2.24, 2.45) is 5.10 Å². The van der Waals surface area contributed by atoms with Crippen molar-refractivity contribution in [3.05, 3.63) is 112 Å². The van der Waals surface area contributed by atoms with Crippen LogP contribution in [-0.4, -0.2) is 16.7 Å². The monoisotopic (exact) mass is 511 g/mol. The summed E-state index contributed by atoms with van der Waals surface area (Å²) in [6.45, 7) is 4.10. The number of carbonyl (C=O) groups is 1. The zero-order valence-corrected chi connectivity index (χ0v) is 20.3. The van der Waals surface area contributed by atoms with Gasteiger partial charge in [-0.05, 0) is 67.4 Å². The lowest BCUT2D eigenvalue weighted by Crippen LogP contribution is -2.16. The highest BCUT2D eigenvalue weighted by Gasteiger charge is 2.13. The first-order valence-corrected chi connectivity index (χ1v) is 11.7. The number of nitrogens with one attached hydrogen (secondary N) is 1. The highest BCUT2D eigenvalue weighted by atomic mass is 79.9. The number of rotatable bonds is 5. The highest BCUT2D eigenvalue weighted by Crippen LogP contribution is 2.25. The first-order valence-electron chi connectivity index (χ1n) is 10.9. The Morgan fingerprint density at radius 2 is 1.68 bits per heavy atom. The number of hydrogen-bond donors (Lipinski definition) is 1. The minimum atomic E-state index is -0.395. The van der Waals surface area contributed by atoms with Crippen LogP contribution in [0.15, 0.2) is 98.9 Å². The van der Waals surface area contributed by atoms with Crippen molar-refractivity contribution in [1.82, 2.24) is 9.99 Å². The summed E-state index contributed by atoms with van der Waals surface area (Å²) in [4.78, 5) is 12.5. The second-order valence-electron chi connectivity index (χ2n) is 8.07. The SMILES string of the molecule is Cc1cc(/C=N\NC(=O)c2cc3cc(Br)ccc3o2)c(C)n1-c1ccc(-c2ccccc2)cc1. The molecule has 0 saturated heterocycles. The van der Waals surface area contributed by atoms with Gasteiger partial charge >= 0.3 is 5.91 Å². The number of halogens is 1. The van der Waals surface area contributed by atoms with Gasteiger partial charge in [0.25, 0.3) is 0 Å². The summed E-state index contributed by atoms with van der Waals surface area (Å²) in [5.41, 5.74) is 9.71. The van der Waals surface area contributed by atoms with Gasteiger partial charge in [-0.3, -0.25) is 4.79 Å². The number of aryl methyl sites for hydroxylation is 1. The molecule has 0 spiro atoms. The van der Waals surface area contributed by atoms with Crippen LogP contribution in [0, 0.1) is 13.8 Å². The van der Waals surface area contributed by atoms with Gasteiger partial charge in [-0.2, -0.15) is 5.10 Å². The van der Waals surface area contributed by atoms with E-state index >= 15 is 0 Å². The Kier molecular flexibility index (Phi) is 5.90. The minimum Gasteiger partial charge on any atom is -0.451 e. The van der Waals surface area contributed by atoms with E-state index < -0.39 is 5.91 Å². The number of aromatic nitrogens is 1. The largest absolute Gasteiger partial charge is 0.451 e. The van der Waals surface area contributed by atoms with E-state index in [9.17, 15) is 4.79 Å². The third-order valence-electron chi connectivity index (χ3n) is 5.77. The smallest absolute Gasteiger partial charge is 0.307 e. The fraction of sp³-hybridized carbons (Fsp3) is 0.0714. The molecular formula is C28H22BrN3O2. The molecule has 168 valence electrons.